The van der Waals surface area contributed by atoms with E-state index in [-0.39, 0.29) is 24.4 Å². The molecule has 1 unspecified atom stereocenters. The predicted molar refractivity (Wildman–Crippen MR) is 133 cm³/mol. The summed E-state index contributed by atoms with van der Waals surface area (Å²) in [5.74, 6) is 0.478. The summed E-state index contributed by atoms with van der Waals surface area (Å²) >= 11 is 0. The Morgan fingerprint density at radius 2 is 1.74 bits per heavy atom. The van der Waals surface area contributed by atoms with Gasteiger partial charge in [0.25, 0.3) is 5.91 Å². The van der Waals surface area contributed by atoms with Crippen molar-refractivity contribution in [3.05, 3.63) is 89.2 Å². The Balaban J connectivity index is 1.47. The molecule has 1 aliphatic heterocycles. The van der Waals surface area contributed by atoms with Crippen molar-refractivity contribution in [2.75, 3.05) is 20.1 Å². The Morgan fingerprint density at radius 1 is 1.03 bits per heavy atom. The number of amides is 2. The molecule has 6 nitrogen and oxygen atoms in total. The molecule has 34 heavy (non-hydrogen) atoms. The van der Waals surface area contributed by atoms with E-state index in [1.165, 1.54) is 11.1 Å². The smallest absolute Gasteiger partial charge is 0.253 e. The maximum absolute atomic E-state index is 13.2. The van der Waals surface area contributed by atoms with Gasteiger partial charge in [-0.15, -0.1) is 0 Å². The third kappa shape index (κ3) is 5.56. The number of likely N-dealkylation sites (N-methyl/N-ethyl adjacent to an activating group) is 1. The number of benzene rings is 2. The Kier molecular flexibility index (Phi) is 7.46. The van der Waals surface area contributed by atoms with Gasteiger partial charge in [-0.05, 0) is 68.4 Å². The number of aryl methyl sites for hydroxylation is 2. The van der Waals surface area contributed by atoms with Crippen LogP contribution in [0.2, 0.25) is 0 Å². The predicted octanol–water partition coefficient (Wildman–Crippen LogP) is 4.12. The van der Waals surface area contributed by atoms with E-state index in [0.29, 0.717) is 19.0 Å². The van der Waals surface area contributed by atoms with Gasteiger partial charge in [0.2, 0.25) is 5.91 Å². The summed E-state index contributed by atoms with van der Waals surface area (Å²) in [7, 11) is 1.92. The Labute approximate surface area is 202 Å². The lowest BCUT2D eigenvalue weighted by Gasteiger charge is -2.40. The summed E-state index contributed by atoms with van der Waals surface area (Å²) < 4.78 is 1.67. The minimum Gasteiger partial charge on any atom is -0.341 e. The molecule has 0 aliphatic carbocycles. The van der Waals surface area contributed by atoms with Crippen LogP contribution < -0.4 is 0 Å². The summed E-state index contributed by atoms with van der Waals surface area (Å²) in [5, 5.41) is 4.20. The van der Waals surface area contributed by atoms with Crippen molar-refractivity contribution in [3.63, 3.8) is 0 Å². The molecule has 1 fully saturated rings. The molecule has 1 atom stereocenters. The molecule has 0 bridgehead atoms. The van der Waals surface area contributed by atoms with Crippen LogP contribution in [0.5, 0.6) is 0 Å². The van der Waals surface area contributed by atoms with Crippen molar-refractivity contribution in [2.45, 2.75) is 45.7 Å². The summed E-state index contributed by atoms with van der Waals surface area (Å²) in [4.78, 5) is 30.0. The van der Waals surface area contributed by atoms with Crippen LogP contribution in [-0.2, 0) is 17.8 Å². The zero-order chi connectivity index (χ0) is 24.1. The molecule has 1 saturated heterocycles. The van der Waals surface area contributed by atoms with Crippen LogP contribution in [0.4, 0.5) is 0 Å². The molecule has 0 radical (unpaired) electrons. The zero-order valence-electron chi connectivity index (χ0n) is 20.4. The molecule has 0 saturated carbocycles. The second-order valence-corrected chi connectivity index (χ2v) is 9.40. The quantitative estimate of drug-likeness (QED) is 0.535. The normalized spacial score (nSPS) is 15.2. The topological polar surface area (TPSA) is 58.4 Å². The molecular formula is C28H34N4O2. The van der Waals surface area contributed by atoms with E-state index in [4.69, 9.17) is 0 Å². The van der Waals surface area contributed by atoms with Gasteiger partial charge < -0.3 is 9.80 Å². The average molecular weight is 459 g/mol. The van der Waals surface area contributed by atoms with Gasteiger partial charge in [-0.25, -0.2) is 0 Å². The first-order chi connectivity index (χ1) is 16.4. The highest BCUT2D eigenvalue weighted by molar-refractivity contribution is 5.94. The van der Waals surface area contributed by atoms with Crippen LogP contribution in [0.1, 0.15) is 39.9 Å². The molecule has 3 aromatic rings. The number of hydrogen-bond acceptors (Lipinski definition) is 3. The lowest BCUT2D eigenvalue weighted by Crippen LogP contribution is -2.49. The highest BCUT2D eigenvalue weighted by Crippen LogP contribution is 2.28. The average Bonchev–Trinajstić information content (AvgIpc) is 3.36. The number of hydrogen-bond donors (Lipinski definition) is 0. The molecular weight excluding hydrogens is 424 g/mol. The van der Waals surface area contributed by atoms with Gasteiger partial charge in [0.1, 0.15) is 6.54 Å². The first kappa shape index (κ1) is 23.7. The van der Waals surface area contributed by atoms with E-state index in [1.807, 2.05) is 60.3 Å². The second-order valence-electron chi connectivity index (χ2n) is 9.40. The molecule has 6 heteroatoms. The highest BCUT2D eigenvalue weighted by atomic mass is 16.2. The second kappa shape index (κ2) is 10.7. The molecule has 0 spiro atoms. The van der Waals surface area contributed by atoms with Crippen molar-refractivity contribution in [2.24, 2.45) is 5.92 Å². The lowest BCUT2D eigenvalue weighted by molar-refractivity contribution is -0.134. The van der Waals surface area contributed by atoms with Crippen LogP contribution >= 0.6 is 0 Å². The fraction of sp³-hybridized carbons (Fsp3) is 0.393. The minimum absolute atomic E-state index is 0.0560. The molecule has 2 aromatic carbocycles. The first-order valence-corrected chi connectivity index (χ1v) is 12.1. The van der Waals surface area contributed by atoms with Crippen LogP contribution in [0.3, 0.4) is 0 Å². The maximum Gasteiger partial charge on any atom is 0.253 e. The molecule has 2 heterocycles. The Morgan fingerprint density at radius 3 is 2.38 bits per heavy atom. The van der Waals surface area contributed by atoms with Gasteiger partial charge in [-0.1, -0.05) is 42.0 Å². The van der Waals surface area contributed by atoms with Gasteiger partial charge >= 0.3 is 0 Å². The molecule has 0 N–H and O–H groups in total. The fourth-order valence-corrected chi connectivity index (χ4v) is 4.88. The number of carbonyl (C=O) groups is 2. The number of aromatic nitrogens is 2. The van der Waals surface area contributed by atoms with Crippen molar-refractivity contribution < 1.29 is 9.59 Å². The van der Waals surface area contributed by atoms with Gasteiger partial charge in [0.15, 0.2) is 0 Å². The van der Waals surface area contributed by atoms with Gasteiger partial charge in [0.05, 0.1) is 0 Å². The minimum atomic E-state index is 0.0560. The largest absolute Gasteiger partial charge is 0.341 e. The van der Waals surface area contributed by atoms with Gasteiger partial charge in [-0.2, -0.15) is 5.10 Å². The highest BCUT2D eigenvalue weighted by Gasteiger charge is 2.33. The number of carbonyl (C=O) groups excluding carboxylic acids is 2. The third-order valence-corrected chi connectivity index (χ3v) is 7.11. The fourth-order valence-electron chi connectivity index (χ4n) is 4.88. The van der Waals surface area contributed by atoms with Gasteiger partial charge in [0, 0.05) is 44.1 Å². The van der Waals surface area contributed by atoms with Crippen LogP contribution in [0.15, 0.2) is 67.0 Å². The maximum atomic E-state index is 13.2. The monoisotopic (exact) mass is 458 g/mol. The zero-order valence-corrected chi connectivity index (χ0v) is 20.4. The van der Waals surface area contributed by atoms with E-state index < -0.39 is 0 Å². The van der Waals surface area contributed by atoms with Crippen LogP contribution in [0, 0.1) is 19.8 Å². The molecule has 2 amide bonds. The molecule has 178 valence electrons. The molecule has 1 aliphatic rings. The standard InChI is InChI=1S/C28H34N4O2/c1-21-9-11-24(12-10-21)28(34)31-17-13-23(14-18-31)26(19-25-8-5-4-7-22(25)2)30(3)27(33)20-32-16-6-15-29-32/h4-12,15-16,23,26H,13-14,17-20H2,1-3H3. The third-order valence-electron chi connectivity index (χ3n) is 7.11. The van der Waals surface area contributed by atoms with E-state index >= 15 is 0 Å². The molecule has 4 rings (SSSR count). The van der Waals surface area contributed by atoms with Crippen molar-refractivity contribution in [1.29, 1.82) is 0 Å². The number of rotatable bonds is 7. The number of piperidine rings is 1. The van der Waals surface area contributed by atoms with E-state index in [2.05, 4.69) is 36.3 Å². The number of nitrogens with zero attached hydrogens (tertiary/aromatic N) is 4. The summed E-state index contributed by atoms with van der Waals surface area (Å²) in [6.07, 6.45) is 6.09. The van der Waals surface area contributed by atoms with Crippen molar-refractivity contribution >= 4 is 11.8 Å². The van der Waals surface area contributed by atoms with Crippen LogP contribution in [0.25, 0.3) is 0 Å². The van der Waals surface area contributed by atoms with Crippen LogP contribution in [-0.4, -0.2) is 57.6 Å². The molecule has 1 aromatic heterocycles. The lowest BCUT2D eigenvalue weighted by atomic mass is 9.84. The number of likely N-dealkylation sites (tertiary alicyclic amines) is 1. The summed E-state index contributed by atoms with van der Waals surface area (Å²) in [6, 6.07) is 18.1. The summed E-state index contributed by atoms with van der Waals surface area (Å²) in [6.45, 7) is 5.81. The van der Waals surface area contributed by atoms with Crippen molar-refractivity contribution in [3.8, 4) is 0 Å². The van der Waals surface area contributed by atoms with E-state index in [1.54, 1.807) is 10.9 Å². The van der Waals surface area contributed by atoms with Crippen molar-refractivity contribution in [1.82, 2.24) is 19.6 Å². The first-order valence-electron chi connectivity index (χ1n) is 12.1. The Hall–Kier alpha value is -3.41. The SMILES string of the molecule is Cc1ccc(C(=O)N2CCC(C(Cc3ccccc3C)N(C)C(=O)Cn3cccn3)CC2)cc1. The van der Waals surface area contributed by atoms with E-state index in [0.717, 1.165) is 30.4 Å². The van der Waals surface area contributed by atoms with E-state index in [9.17, 15) is 9.59 Å². The summed E-state index contributed by atoms with van der Waals surface area (Å²) in [5.41, 5.74) is 4.40. The van der Waals surface area contributed by atoms with Gasteiger partial charge in [-0.3, -0.25) is 14.3 Å². The Bertz CT molecular complexity index is 1100.